The van der Waals surface area contributed by atoms with Crippen LogP contribution in [0.4, 0.5) is 0 Å². The van der Waals surface area contributed by atoms with Gasteiger partial charge >= 0.3 is 10.4 Å². The molecule has 7 atom stereocenters. The summed E-state index contributed by atoms with van der Waals surface area (Å²) in [6.45, 7) is 3.26. The van der Waals surface area contributed by atoms with Crippen LogP contribution in [0, 0.1) is 0 Å². The van der Waals surface area contributed by atoms with Gasteiger partial charge in [-0.1, -0.05) is 179 Å². The van der Waals surface area contributed by atoms with Crippen molar-refractivity contribution in [2.24, 2.45) is 0 Å². The van der Waals surface area contributed by atoms with Crippen molar-refractivity contribution in [2.75, 3.05) is 13.2 Å². The molecule has 1 aliphatic rings. The Morgan fingerprint density at radius 1 is 0.695 bits per heavy atom. The van der Waals surface area contributed by atoms with Gasteiger partial charge in [0.05, 0.1) is 25.4 Å². The number of aliphatic hydroxyl groups is 4. The summed E-state index contributed by atoms with van der Waals surface area (Å²) < 4.78 is 47.5. The van der Waals surface area contributed by atoms with E-state index in [1.54, 1.807) is 6.08 Å². The Labute approximate surface area is 358 Å². The molecule has 346 valence electrons. The minimum atomic E-state index is -5.08. The van der Waals surface area contributed by atoms with E-state index in [1.807, 2.05) is 6.08 Å². The molecule has 0 bridgehead atoms. The van der Waals surface area contributed by atoms with Crippen molar-refractivity contribution in [3.05, 3.63) is 36.5 Å². The number of ether oxygens (including phenoxy) is 2. The number of allylic oxidation sites excluding steroid dienone is 5. The molecule has 59 heavy (non-hydrogen) atoms. The number of unbranched alkanes of at least 4 members (excludes halogenated alkanes) is 23. The van der Waals surface area contributed by atoms with Crippen LogP contribution >= 0.6 is 0 Å². The zero-order valence-corrected chi connectivity index (χ0v) is 37.6. The summed E-state index contributed by atoms with van der Waals surface area (Å²) in [7, 11) is -5.08. The topological polar surface area (TPSA) is 192 Å². The molecule has 13 heteroatoms. The molecule has 0 aromatic heterocycles. The average Bonchev–Trinajstić information content (AvgIpc) is 3.20. The van der Waals surface area contributed by atoms with E-state index in [9.17, 15) is 33.6 Å². The largest absolute Gasteiger partial charge is 0.397 e. The van der Waals surface area contributed by atoms with Crippen LogP contribution in [0.3, 0.4) is 0 Å². The zero-order valence-electron chi connectivity index (χ0n) is 36.8. The van der Waals surface area contributed by atoms with Crippen molar-refractivity contribution < 1.29 is 51.8 Å². The lowest BCUT2D eigenvalue weighted by Crippen LogP contribution is -2.61. The third-order valence-corrected chi connectivity index (χ3v) is 11.4. The molecular formula is C46H85NO11S. The highest BCUT2D eigenvalue weighted by molar-refractivity contribution is 7.80. The van der Waals surface area contributed by atoms with E-state index in [0.717, 1.165) is 51.4 Å². The van der Waals surface area contributed by atoms with E-state index >= 15 is 0 Å². The summed E-state index contributed by atoms with van der Waals surface area (Å²) in [6, 6.07) is -0.941. The zero-order chi connectivity index (χ0) is 43.4. The molecule has 1 saturated heterocycles. The molecule has 7 unspecified atom stereocenters. The summed E-state index contributed by atoms with van der Waals surface area (Å²) in [5.41, 5.74) is 0. The SMILES string of the molecule is CC/C=C\C/C=C\CCCCCCCCCCCCCCCCC(=O)NC(COC1OC(CO)C(O)C(OS(=O)(=O)O)C1O)C(O)/C=C/CCCCCCCCCCC. The normalized spacial score (nSPS) is 21.2. The van der Waals surface area contributed by atoms with E-state index in [4.69, 9.17) is 14.0 Å². The van der Waals surface area contributed by atoms with Gasteiger partial charge in [0.15, 0.2) is 6.29 Å². The highest BCUT2D eigenvalue weighted by atomic mass is 32.3. The molecule has 1 aliphatic heterocycles. The second-order valence-corrected chi connectivity index (χ2v) is 17.4. The van der Waals surface area contributed by atoms with Crippen LogP contribution in [0.25, 0.3) is 0 Å². The lowest BCUT2D eigenvalue weighted by molar-refractivity contribution is -0.298. The van der Waals surface area contributed by atoms with Crippen molar-refractivity contribution in [3.8, 4) is 0 Å². The highest BCUT2D eigenvalue weighted by Crippen LogP contribution is 2.26. The maximum atomic E-state index is 13.0. The van der Waals surface area contributed by atoms with Gasteiger partial charge in [-0.15, -0.1) is 0 Å². The number of hydrogen-bond donors (Lipinski definition) is 6. The fourth-order valence-corrected chi connectivity index (χ4v) is 7.82. The van der Waals surface area contributed by atoms with Crippen LogP contribution in [0.15, 0.2) is 36.5 Å². The Balaban J connectivity index is 2.44. The first kappa shape index (κ1) is 55.3. The second kappa shape index (κ2) is 36.9. The number of hydrogen-bond acceptors (Lipinski definition) is 10. The third kappa shape index (κ3) is 30.1. The standard InChI is InChI=1S/C46H85NO11S/c1-3-5-7-9-11-13-15-16-17-18-19-20-21-22-23-24-26-28-30-32-34-36-42(50)47-39(40(49)35-33-31-29-27-25-14-12-10-8-6-4-2)38-56-46-44(52)45(58-59(53,54)55)43(51)41(37-48)57-46/h5,7,11,13,33,35,39-41,43-46,48-49,51-52H,3-4,6,8-10,12,14-32,34,36-38H2,1-2H3,(H,47,50)(H,53,54,55)/b7-5-,13-11-,35-33+. The molecular weight excluding hydrogens is 775 g/mol. The van der Waals surface area contributed by atoms with Gasteiger partial charge < -0.3 is 35.2 Å². The summed E-state index contributed by atoms with van der Waals surface area (Å²) in [5.74, 6) is -0.265. The number of nitrogens with one attached hydrogen (secondary N) is 1. The van der Waals surface area contributed by atoms with Gasteiger partial charge in [0.25, 0.3) is 0 Å². The van der Waals surface area contributed by atoms with Crippen LogP contribution in [-0.4, -0.2) is 95.4 Å². The van der Waals surface area contributed by atoms with Crippen LogP contribution < -0.4 is 5.32 Å². The summed E-state index contributed by atoms with van der Waals surface area (Å²) >= 11 is 0. The van der Waals surface area contributed by atoms with Gasteiger partial charge in [0.1, 0.15) is 24.4 Å². The first-order valence-corrected chi connectivity index (χ1v) is 24.7. The van der Waals surface area contributed by atoms with Gasteiger partial charge in [-0.3, -0.25) is 9.35 Å². The van der Waals surface area contributed by atoms with E-state index in [-0.39, 0.29) is 18.9 Å². The Morgan fingerprint density at radius 2 is 1.19 bits per heavy atom. The Bertz CT molecular complexity index is 1200. The van der Waals surface area contributed by atoms with Gasteiger partial charge in [-0.2, -0.15) is 8.42 Å². The molecule has 1 rings (SSSR count). The summed E-state index contributed by atoms with van der Waals surface area (Å²) in [6.07, 6.45) is 34.8. The number of carbonyl (C=O) groups excluding carboxylic acids is 1. The predicted molar refractivity (Wildman–Crippen MR) is 236 cm³/mol. The van der Waals surface area contributed by atoms with Gasteiger partial charge in [0.2, 0.25) is 5.91 Å². The van der Waals surface area contributed by atoms with Crippen molar-refractivity contribution in [3.63, 3.8) is 0 Å². The number of aliphatic hydroxyl groups excluding tert-OH is 4. The maximum Gasteiger partial charge on any atom is 0.397 e. The molecule has 0 aromatic rings. The fourth-order valence-electron chi connectivity index (χ4n) is 7.32. The molecule has 12 nitrogen and oxygen atoms in total. The molecule has 0 aromatic carbocycles. The molecule has 0 radical (unpaired) electrons. The molecule has 0 saturated carbocycles. The predicted octanol–water partition coefficient (Wildman–Crippen LogP) is 9.11. The smallest absolute Gasteiger partial charge is 0.394 e. The number of rotatable bonds is 39. The van der Waals surface area contributed by atoms with Crippen LogP contribution in [-0.2, 0) is 28.9 Å². The Hall–Kier alpha value is -1.68. The van der Waals surface area contributed by atoms with Crippen LogP contribution in [0.2, 0.25) is 0 Å². The highest BCUT2D eigenvalue weighted by Gasteiger charge is 2.48. The molecule has 1 fully saturated rings. The fraction of sp³-hybridized carbons (Fsp3) is 0.848. The van der Waals surface area contributed by atoms with Gasteiger partial charge in [-0.05, 0) is 44.9 Å². The average molecular weight is 860 g/mol. The Kier molecular flexibility index (Phi) is 34.6. The maximum absolute atomic E-state index is 13.0. The van der Waals surface area contributed by atoms with Crippen LogP contribution in [0.1, 0.15) is 194 Å². The molecule has 1 heterocycles. The minimum Gasteiger partial charge on any atom is -0.394 e. The first-order valence-electron chi connectivity index (χ1n) is 23.4. The van der Waals surface area contributed by atoms with E-state index in [2.05, 4.69) is 47.7 Å². The number of amides is 1. The molecule has 1 amide bonds. The van der Waals surface area contributed by atoms with Crippen LogP contribution in [0.5, 0.6) is 0 Å². The van der Waals surface area contributed by atoms with E-state index in [1.165, 1.54) is 116 Å². The second-order valence-electron chi connectivity index (χ2n) is 16.3. The summed E-state index contributed by atoms with van der Waals surface area (Å²) in [5, 5.41) is 44.6. The number of carbonyl (C=O) groups is 1. The van der Waals surface area contributed by atoms with Crippen molar-refractivity contribution in [1.29, 1.82) is 0 Å². The third-order valence-electron chi connectivity index (χ3n) is 10.9. The van der Waals surface area contributed by atoms with Crippen molar-refractivity contribution >= 4 is 16.3 Å². The Morgan fingerprint density at radius 3 is 1.69 bits per heavy atom. The van der Waals surface area contributed by atoms with Crippen molar-refractivity contribution in [2.45, 2.75) is 236 Å². The minimum absolute atomic E-state index is 0.265. The van der Waals surface area contributed by atoms with E-state index < -0.39 is 59.9 Å². The van der Waals surface area contributed by atoms with Gasteiger partial charge in [0, 0.05) is 6.42 Å². The lowest BCUT2D eigenvalue weighted by Gasteiger charge is -2.41. The lowest BCUT2D eigenvalue weighted by atomic mass is 9.99. The molecule has 0 aliphatic carbocycles. The molecule has 6 N–H and O–H groups in total. The summed E-state index contributed by atoms with van der Waals surface area (Å²) in [4.78, 5) is 13.0. The first-order chi connectivity index (χ1) is 28.5. The van der Waals surface area contributed by atoms with E-state index in [0.29, 0.717) is 6.42 Å². The molecule has 0 spiro atoms. The monoisotopic (exact) mass is 860 g/mol. The van der Waals surface area contributed by atoms with Gasteiger partial charge in [-0.25, -0.2) is 4.18 Å². The quantitative estimate of drug-likeness (QED) is 0.0196. The van der Waals surface area contributed by atoms with Crippen molar-refractivity contribution in [1.82, 2.24) is 5.32 Å².